The number of aliphatic carboxylic acids is 3. The third-order valence-corrected chi connectivity index (χ3v) is 9.99. The summed E-state index contributed by atoms with van der Waals surface area (Å²) in [7, 11) is 0. The predicted octanol–water partition coefficient (Wildman–Crippen LogP) is 13.3. The van der Waals surface area contributed by atoms with Crippen molar-refractivity contribution in [2.45, 2.75) is 252 Å². The Bertz CT molecular complexity index is 940. The molecule has 0 saturated carbocycles. The summed E-state index contributed by atoms with van der Waals surface area (Å²) in [5, 5.41) is 30.6. The third kappa shape index (κ3) is 75.5. The first-order chi connectivity index (χ1) is 29.3. The zero-order chi connectivity index (χ0) is 44.7. The summed E-state index contributed by atoms with van der Waals surface area (Å²) in [5.74, 6) is -2.76. The monoisotopic (exact) mass is 1050 g/mol. The number of hydrogen-bond acceptors (Lipinski definition) is 6. The van der Waals surface area contributed by atoms with Gasteiger partial charge < -0.3 is 29.7 Å². The predicted molar refractivity (Wildman–Crippen MR) is 259 cm³/mol. The average Bonchev–Trinajstić information content (AvgIpc) is 3.22. The van der Waals surface area contributed by atoms with E-state index in [1.54, 1.807) is 0 Å². The van der Waals surface area contributed by atoms with E-state index in [0.29, 0.717) is 0 Å². The van der Waals surface area contributed by atoms with Gasteiger partial charge in [0.15, 0.2) is 0 Å². The number of carboxylic acids is 3. The van der Waals surface area contributed by atoms with Crippen LogP contribution >= 0.6 is 0 Å². The number of unbranched alkanes of at least 4 members (excludes halogenated alkanes) is 24. The van der Waals surface area contributed by atoms with Crippen LogP contribution in [-0.4, -0.2) is 44.1 Å². The van der Waals surface area contributed by atoms with Crippen molar-refractivity contribution in [1.29, 1.82) is 0 Å². The first kappa shape index (κ1) is 65.3. The van der Waals surface area contributed by atoms with Gasteiger partial charge in [-0.25, -0.2) is 0 Å². The normalized spacial score (nSPS) is 11.5. The van der Waals surface area contributed by atoms with Crippen LogP contribution in [-0.2, 0) is 14.4 Å². The van der Waals surface area contributed by atoms with E-state index in [1.165, 1.54) is 116 Å². The van der Waals surface area contributed by atoms with Gasteiger partial charge in [0.25, 0.3) is 0 Å². The summed E-state index contributed by atoms with van der Waals surface area (Å²) in [6.45, 7) is 6.70. The van der Waals surface area contributed by atoms with Crippen LogP contribution in [0, 0.1) is 0 Å². The molecule has 0 bridgehead atoms. The Morgan fingerprint density at radius 2 is 0.459 bits per heavy atom. The molecule has 0 aromatic heterocycles. The van der Waals surface area contributed by atoms with E-state index >= 15 is 0 Å². The molecule has 6 nitrogen and oxygen atoms in total. The number of allylic oxidation sites excluding steroid dienone is 12. The van der Waals surface area contributed by atoms with Crippen LogP contribution in [0.5, 0.6) is 0 Å². The Morgan fingerprint density at radius 1 is 0.279 bits per heavy atom. The van der Waals surface area contributed by atoms with Crippen LogP contribution in [0.25, 0.3) is 0 Å². The molecule has 0 N–H and O–H groups in total. The molecule has 0 unspecified atom stereocenters. The number of carbonyl (C=O) groups is 3. The zero-order valence-corrected chi connectivity index (χ0v) is 43.3. The maximum atomic E-state index is 10.2. The Hall–Kier alpha value is -2.27. The van der Waals surface area contributed by atoms with Crippen molar-refractivity contribution >= 4 is 44.1 Å². The summed E-state index contributed by atoms with van der Waals surface area (Å²) >= 11 is 0. The molecule has 0 heterocycles. The molecule has 0 aliphatic heterocycles. The number of carboxylic acid groups (broad SMARTS) is 3. The molecule has 0 fully saturated rings. The minimum Gasteiger partial charge on any atom is -0.550 e. The molecule has 350 valence electrons. The minimum atomic E-state index is -0.921. The zero-order valence-electron chi connectivity index (χ0n) is 39.8. The molecule has 0 saturated heterocycles. The summed E-state index contributed by atoms with van der Waals surface area (Å²) in [6.07, 6.45) is 65.8. The van der Waals surface area contributed by atoms with Crippen molar-refractivity contribution in [3.05, 3.63) is 72.9 Å². The van der Waals surface area contributed by atoms with Gasteiger partial charge in [0.2, 0.25) is 0 Å². The second-order valence-electron chi connectivity index (χ2n) is 16.1. The van der Waals surface area contributed by atoms with Crippen molar-refractivity contribution in [1.82, 2.24) is 0 Å². The second kappa shape index (κ2) is 62.0. The van der Waals surface area contributed by atoms with Crippen molar-refractivity contribution in [3.8, 4) is 0 Å². The summed E-state index contributed by atoms with van der Waals surface area (Å²) in [4.78, 5) is 30.6. The topological polar surface area (TPSA) is 120 Å². The molecular weight excluding hydrogens is 954 g/mol. The summed E-state index contributed by atoms with van der Waals surface area (Å²) < 4.78 is 0. The summed E-state index contributed by atoms with van der Waals surface area (Å²) in [5.41, 5.74) is 0. The van der Waals surface area contributed by atoms with Gasteiger partial charge in [-0.1, -0.05) is 190 Å². The molecule has 0 amide bonds. The van der Waals surface area contributed by atoms with E-state index in [1.807, 2.05) is 0 Å². The quantitative estimate of drug-likeness (QED) is 0.0341. The van der Waals surface area contributed by atoms with Gasteiger partial charge in [0.1, 0.15) is 0 Å². The fourth-order valence-corrected chi connectivity index (χ4v) is 6.24. The summed E-state index contributed by atoms with van der Waals surface area (Å²) in [6, 6.07) is 0. The van der Waals surface area contributed by atoms with Gasteiger partial charge in [-0.3, -0.25) is 0 Å². The van der Waals surface area contributed by atoms with Crippen LogP contribution in [0.1, 0.15) is 252 Å². The Labute approximate surface area is 396 Å². The SMILES string of the molecule is CCCCC/C=C\C/C=C\CCCCCCCC(=O)[O-].CCCCC/C=C\C/C=C\CCCCCCCC(=O)[O-].CCCCC/C=C\C/C=C\CCCCCCCC(=O)[O-].[Bi+3]. The number of carbonyl (C=O) groups excluding carboxylic acids is 3. The molecule has 2 radical (unpaired) electrons. The number of hydrogen-bond donors (Lipinski definition) is 0. The molecule has 0 atom stereocenters. The van der Waals surface area contributed by atoms with E-state index in [-0.39, 0.29) is 45.5 Å². The smallest absolute Gasteiger partial charge is 0.550 e. The van der Waals surface area contributed by atoms with E-state index in [2.05, 4.69) is 93.7 Å². The maximum Gasteiger partial charge on any atom is 3.00 e. The fraction of sp³-hybridized carbons (Fsp3) is 0.722. The van der Waals surface area contributed by atoms with E-state index in [9.17, 15) is 29.7 Å². The molecule has 0 rings (SSSR count). The van der Waals surface area contributed by atoms with Crippen LogP contribution in [0.4, 0.5) is 0 Å². The third-order valence-electron chi connectivity index (χ3n) is 9.99. The van der Waals surface area contributed by atoms with E-state index in [4.69, 9.17) is 0 Å². The van der Waals surface area contributed by atoms with Crippen molar-refractivity contribution < 1.29 is 29.7 Å². The molecule has 0 aliphatic rings. The van der Waals surface area contributed by atoms with Crippen molar-refractivity contribution in [2.75, 3.05) is 0 Å². The Morgan fingerprint density at radius 3 is 0.656 bits per heavy atom. The van der Waals surface area contributed by atoms with Crippen LogP contribution < -0.4 is 15.3 Å². The van der Waals surface area contributed by atoms with Gasteiger partial charge in [-0.2, -0.15) is 0 Å². The van der Waals surface area contributed by atoms with Gasteiger partial charge in [-0.15, -0.1) is 0 Å². The van der Waals surface area contributed by atoms with E-state index < -0.39 is 17.9 Å². The Balaban J connectivity index is -0.000000396. The molecule has 7 heteroatoms. The molecule has 0 aliphatic carbocycles. The largest absolute Gasteiger partial charge is 3.00 e. The van der Waals surface area contributed by atoms with Crippen LogP contribution in [0.2, 0.25) is 0 Å². The standard InChI is InChI=1S/3C18H32O2.Bi/c3*1-2-3-4-5-6-7-8-9-10-11-12-13-14-15-16-17-18(19)20;/h3*6-7,9-10H,2-5,8,11-17H2,1H3,(H,19,20);/q;;;+3/p-3/b3*7-6-,10-9-;. The maximum absolute atomic E-state index is 10.2. The van der Waals surface area contributed by atoms with Crippen molar-refractivity contribution in [3.63, 3.8) is 0 Å². The van der Waals surface area contributed by atoms with Gasteiger partial charge in [-0.05, 0) is 135 Å². The van der Waals surface area contributed by atoms with Crippen LogP contribution in [0.3, 0.4) is 0 Å². The van der Waals surface area contributed by atoms with Crippen LogP contribution in [0.15, 0.2) is 72.9 Å². The first-order valence-corrected chi connectivity index (χ1v) is 24.8. The van der Waals surface area contributed by atoms with Gasteiger partial charge >= 0.3 is 26.2 Å². The Kier molecular flexibility index (Phi) is 66.5. The van der Waals surface area contributed by atoms with E-state index in [0.717, 1.165) is 96.3 Å². The van der Waals surface area contributed by atoms with Gasteiger partial charge in [0, 0.05) is 17.9 Å². The second-order valence-corrected chi connectivity index (χ2v) is 16.1. The molecular formula is C54H93BiO6. The first-order valence-electron chi connectivity index (χ1n) is 24.8. The van der Waals surface area contributed by atoms with Gasteiger partial charge in [0.05, 0.1) is 0 Å². The fourth-order valence-electron chi connectivity index (χ4n) is 6.24. The number of rotatable bonds is 42. The molecule has 0 aromatic carbocycles. The molecule has 61 heavy (non-hydrogen) atoms. The minimum absolute atomic E-state index is 0. The van der Waals surface area contributed by atoms with Crippen molar-refractivity contribution in [2.24, 2.45) is 0 Å². The average molecular weight is 1050 g/mol. The molecule has 0 spiro atoms. The molecule has 0 aromatic rings.